The van der Waals surface area contributed by atoms with E-state index in [4.69, 9.17) is 0 Å². The van der Waals surface area contributed by atoms with Gasteiger partial charge in [0.15, 0.2) is 0 Å². The SMILES string of the molecule is O.O=C([O-])c1ccc(P(c2ccccc2)c2ccccc2)cc1.[Na+]. The van der Waals surface area contributed by atoms with Crippen molar-refractivity contribution in [3.05, 3.63) is 90.5 Å². The van der Waals surface area contributed by atoms with Crippen molar-refractivity contribution in [3.8, 4) is 0 Å². The Hall–Kier alpha value is -1.48. The number of carboxylic acids is 1. The van der Waals surface area contributed by atoms with Crippen molar-refractivity contribution in [3.63, 3.8) is 0 Å². The van der Waals surface area contributed by atoms with Crippen molar-refractivity contribution in [1.29, 1.82) is 0 Å². The summed E-state index contributed by atoms with van der Waals surface area (Å²) in [6.45, 7) is 0. The molecule has 0 bridgehead atoms. The van der Waals surface area contributed by atoms with Crippen LogP contribution in [0.5, 0.6) is 0 Å². The van der Waals surface area contributed by atoms with Crippen LogP contribution in [-0.4, -0.2) is 11.4 Å². The fourth-order valence-corrected chi connectivity index (χ4v) is 4.63. The van der Waals surface area contributed by atoms with E-state index in [1.165, 1.54) is 10.6 Å². The first-order valence-electron chi connectivity index (χ1n) is 6.97. The first-order valence-corrected chi connectivity index (χ1v) is 8.31. The van der Waals surface area contributed by atoms with Gasteiger partial charge in [-0.05, 0) is 29.4 Å². The van der Waals surface area contributed by atoms with E-state index in [1.807, 2.05) is 48.5 Å². The van der Waals surface area contributed by atoms with Crippen molar-refractivity contribution in [2.24, 2.45) is 0 Å². The molecule has 0 amide bonds. The number of hydrogen-bond acceptors (Lipinski definition) is 2. The maximum Gasteiger partial charge on any atom is 1.00 e. The average molecular weight is 346 g/mol. The van der Waals surface area contributed by atoms with Gasteiger partial charge in [-0.15, -0.1) is 0 Å². The molecule has 3 nitrogen and oxygen atoms in total. The normalized spacial score (nSPS) is 9.71. The topological polar surface area (TPSA) is 71.6 Å². The summed E-state index contributed by atoms with van der Waals surface area (Å²) in [4.78, 5) is 10.9. The van der Waals surface area contributed by atoms with Crippen molar-refractivity contribution >= 4 is 29.8 Å². The number of hydrogen-bond donors (Lipinski definition) is 0. The standard InChI is InChI=1S/C19H15O2P.Na.H2O/c20-19(21)15-11-13-18(14-12-15)22(16-7-3-1-4-8-16)17-9-5-2-6-10-17;;/h1-14H,(H,20,21);;1H2/q;+1;/p-1. The first-order chi connectivity index (χ1) is 10.8. The number of carbonyl (C=O) groups is 1. The summed E-state index contributed by atoms with van der Waals surface area (Å²) in [5.41, 5.74) is 0.208. The molecule has 0 aliphatic rings. The van der Waals surface area contributed by atoms with Gasteiger partial charge in [0.05, 0.1) is 5.97 Å². The third-order valence-electron chi connectivity index (χ3n) is 3.39. The molecular formula is C19H16NaO3P. The second-order valence-electron chi connectivity index (χ2n) is 4.84. The average Bonchev–Trinajstić information content (AvgIpc) is 2.57. The molecule has 0 radical (unpaired) electrons. The van der Waals surface area contributed by atoms with Crippen LogP contribution in [0.3, 0.4) is 0 Å². The fourth-order valence-electron chi connectivity index (χ4n) is 2.35. The van der Waals surface area contributed by atoms with Crippen molar-refractivity contribution in [2.45, 2.75) is 0 Å². The zero-order chi connectivity index (χ0) is 15.4. The van der Waals surface area contributed by atoms with Crippen LogP contribution in [0.1, 0.15) is 10.4 Å². The molecule has 0 fully saturated rings. The Bertz CT molecular complexity index is 722. The van der Waals surface area contributed by atoms with Crippen LogP contribution in [0, 0.1) is 0 Å². The predicted molar refractivity (Wildman–Crippen MR) is 93.1 cm³/mol. The summed E-state index contributed by atoms with van der Waals surface area (Å²) in [6.07, 6.45) is 0. The Morgan fingerprint density at radius 1 is 0.667 bits per heavy atom. The third-order valence-corrected chi connectivity index (χ3v) is 5.83. The summed E-state index contributed by atoms with van der Waals surface area (Å²) in [5, 5.41) is 14.5. The molecule has 0 aliphatic carbocycles. The number of carbonyl (C=O) groups excluding carboxylic acids is 1. The minimum atomic E-state index is -1.14. The maximum atomic E-state index is 10.9. The van der Waals surface area contributed by atoms with Crippen LogP contribution in [0.15, 0.2) is 84.9 Å². The quantitative estimate of drug-likeness (QED) is 0.405. The third kappa shape index (κ3) is 4.76. The maximum absolute atomic E-state index is 10.9. The summed E-state index contributed by atoms with van der Waals surface area (Å²) >= 11 is 0. The van der Waals surface area contributed by atoms with E-state index in [9.17, 15) is 9.90 Å². The molecule has 0 aliphatic heterocycles. The molecule has 0 aromatic heterocycles. The largest absolute Gasteiger partial charge is 1.00 e. The van der Waals surface area contributed by atoms with E-state index in [-0.39, 0.29) is 40.6 Å². The molecule has 24 heavy (non-hydrogen) atoms. The second-order valence-corrected chi connectivity index (χ2v) is 7.06. The number of aromatic carboxylic acids is 1. The molecule has 0 spiro atoms. The molecule has 0 saturated heterocycles. The summed E-state index contributed by atoms with van der Waals surface area (Å²) in [6, 6.07) is 27.6. The number of benzene rings is 3. The van der Waals surface area contributed by atoms with Crippen LogP contribution in [-0.2, 0) is 0 Å². The first kappa shape index (κ1) is 20.6. The van der Waals surface area contributed by atoms with Gasteiger partial charge in [-0.2, -0.15) is 0 Å². The van der Waals surface area contributed by atoms with E-state index < -0.39 is 13.9 Å². The Kier molecular flexibility index (Phi) is 8.34. The molecule has 0 saturated carbocycles. The monoisotopic (exact) mass is 346 g/mol. The Balaban J connectivity index is 0.00000144. The number of carboxylic acid groups (broad SMARTS) is 1. The van der Waals surface area contributed by atoms with Crippen molar-refractivity contribution in [2.75, 3.05) is 0 Å². The molecule has 3 aromatic rings. The molecule has 0 unspecified atom stereocenters. The molecule has 116 valence electrons. The van der Waals surface area contributed by atoms with Crippen LogP contribution in [0.4, 0.5) is 0 Å². The van der Waals surface area contributed by atoms with Crippen LogP contribution in [0.25, 0.3) is 0 Å². The van der Waals surface area contributed by atoms with Gasteiger partial charge in [0.2, 0.25) is 0 Å². The van der Waals surface area contributed by atoms with E-state index in [1.54, 1.807) is 12.1 Å². The smallest absolute Gasteiger partial charge is 0.545 e. The van der Waals surface area contributed by atoms with Gasteiger partial charge in [-0.1, -0.05) is 84.9 Å². The van der Waals surface area contributed by atoms with Gasteiger partial charge >= 0.3 is 29.6 Å². The summed E-state index contributed by atoms with van der Waals surface area (Å²) in [7, 11) is -0.691. The van der Waals surface area contributed by atoms with Crippen molar-refractivity contribution < 1.29 is 44.9 Å². The molecule has 0 atom stereocenters. The summed E-state index contributed by atoms with van der Waals surface area (Å²) in [5.74, 6) is -1.14. The fraction of sp³-hybridized carbons (Fsp3) is 0. The van der Waals surface area contributed by atoms with Gasteiger partial charge in [0.25, 0.3) is 0 Å². The van der Waals surface area contributed by atoms with E-state index >= 15 is 0 Å². The zero-order valence-corrected chi connectivity index (χ0v) is 16.2. The van der Waals surface area contributed by atoms with Gasteiger partial charge in [0.1, 0.15) is 0 Å². The van der Waals surface area contributed by atoms with Crippen LogP contribution >= 0.6 is 7.92 Å². The second kappa shape index (κ2) is 9.73. The van der Waals surface area contributed by atoms with Gasteiger partial charge in [-0.3, -0.25) is 0 Å². The Morgan fingerprint density at radius 3 is 1.42 bits per heavy atom. The number of rotatable bonds is 4. The van der Waals surface area contributed by atoms with Gasteiger partial charge < -0.3 is 15.4 Å². The minimum Gasteiger partial charge on any atom is -0.545 e. The predicted octanol–water partition coefficient (Wildman–Crippen LogP) is -2.01. The Labute approximate surface area is 164 Å². The van der Waals surface area contributed by atoms with E-state index in [0.29, 0.717) is 0 Å². The molecule has 0 heterocycles. The van der Waals surface area contributed by atoms with Gasteiger partial charge in [-0.25, -0.2) is 0 Å². The molecule has 3 rings (SSSR count). The van der Waals surface area contributed by atoms with Crippen molar-refractivity contribution in [1.82, 2.24) is 0 Å². The van der Waals surface area contributed by atoms with E-state index in [0.717, 1.165) is 5.30 Å². The van der Waals surface area contributed by atoms with Crippen LogP contribution < -0.4 is 50.6 Å². The zero-order valence-electron chi connectivity index (χ0n) is 13.3. The Morgan fingerprint density at radius 2 is 1.04 bits per heavy atom. The molecular weight excluding hydrogens is 330 g/mol. The molecule has 3 aromatic carbocycles. The molecule has 5 heteroatoms. The molecule has 2 N–H and O–H groups in total. The van der Waals surface area contributed by atoms with Crippen LogP contribution in [0.2, 0.25) is 0 Å². The summed E-state index contributed by atoms with van der Waals surface area (Å²) < 4.78 is 0. The minimum absolute atomic E-state index is 0. The van der Waals surface area contributed by atoms with Gasteiger partial charge in [0, 0.05) is 0 Å². The van der Waals surface area contributed by atoms with E-state index in [2.05, 4.69) is 24.3 Å².